The predicted octanol–water partition coefficient (Wildman–Crippen LogP) is 4.32. The standard InChI is InChI=1S/C16H12Cl2FNO3/c1-9(23-16(22)10-2-4-11(17)5-3-10)15(21)20-14-7-6-12(18)8-13(14)19/h2-9H,1H3,(H,20,21). The molecule has 4 nitrogen and oxygen atoms in total. The summed E-state index contributed by atoms with van der Waals surface area (Å²) in [6, 6.07) is 9.86. The van der Waals surface area contributed by atoms with Crippen molar-refractivity contribution < 1.29 is 18.7 Å². The summed E-state index contributed by atoms with van der Waals surface area (Å²) in [6.07, 6.45) is -1.10. The van der Waals surface area contributed by atoms with Crippen LogP contribution in [0, 0.1) is 5.82 Å². The maximum atomic E-state index is 13.6. The van der Waals surface area contributed by atoms with Crippen LogP contribution in [0.4, 0.5) is 10.1 Å². The molecule has 2 aromatic rings. The summed E-state index contributed by atoms with van der Waals surface area (Å²) in [6.45, 7) is 1.39. The van der Waals surface area contributed by atoms with E-state index in [-0.39, 0.29) is 16.3 Å². The molecule has 2 rings (SSSR count). The summed E-state index contributed by atoms with van der Waals surface area (Å²) >= 11 is 11.4. The van der Waals surface area contributed by atoms with Gasteiger partial charge in [0.1, 0.15) is 5.82 Å². The molecule has 0 aromatic heterocycles. The second kappa shape index (κ2) is 7.44. The molecular weight excluding hydrogens is 344 g/mol. The molecule has 1 N–H and O–H groups in total. The number of nitrogens with one attached hydrogen (secondary N) is 1. The number of hydrogen-bond acceptors (Lipinski definition) is 3. The summed E-state index contributed by atoms with van der Waals surface area (Å²) in [4.78, 5) is 23.9. The number of halogens is 3. The van der Waals surface area contributed by atoms with E-state index in [1.165, 1.54) is 43.3 Å². The first-order valence-electron chi connectivity index (χ1n) is 6.59. The molecule has 1 unspecified atom stereocenters. The van der Waals surface area contributed by atoms with Crippen LogP contribution in [0.5, 0.6) is 0 Å². The normalized spacial score (nSPS) is 11.7. The Kier molecular flexibility index (Phi) is 5.58. The highest BCUT2D eigenvalue weighted by Gasteiger charge is 2.20. The number of rotatable bonds is 4. The first-order chi connectivity index (χ1) is 10.9. The molecule has 120 valence electrons. The zero-order chi connectivity index (χ0) is 17.0. The average Bonchev–Trinajstić information content (AvgIpc) is 2.50. The summed E-state index contributed by atoms with van der Waals surface area (Å²) < 4.78 is 18.7. The van der Waals surface area contributed by atoms with Crippen molar-refractivity contribution in [2.45, 2.75) is 13.0 Å². The van der Waals surface area contributed by atoms with E-state index in [0.29, 0.717) is 5.02 Å². The second-order valence-electron chi connectivity index (χ2n) is 4.67. The third kappa shape index (κ3) is 4.68. The summed E-state index contributed by atoms with van der Waals surface area (Å²) in [5.74, 6) is -2.02. The van der Waals surface area contributed by atoms with Crippen LogP contribution in [-0.2, 0) is 9.53 Å². The maximum absolute atomic E-state index is 13.6. The quantitative estimate of drug-likeness (QED) is 0.831. The van der Waals surface area contributed by atoms with Crippen molar-refractivity contribution in [2.24, 2.45) is 0 Å². The van der Waals surface area contributed by atoms with E-state index in [9.17, 15) is 14.0 Å². The smallest absolute Gasteiger partial charge is 0.338 e. The van der Waals surface area contributed by atoms with Crippen molar-refractivity contribution in [2.75, 3.05) is 5.32 Å². The molecule has 0 bridgehead atoms. The highest BCUT2D eigenvalue weighted by Crippen LogP contribution is 2.19. The first-order valence-corrected chi connectivity index (χ1v) is 7.35. The number of anilines is 1. The Morgan fingerprint density at radius 2 is 1.70 bits per heavy atom. The minimum absolute atomic E-state index is 0.0474. The van der Waals surface area contributed by atoms with Gasteiger partial charge in [-0.15, -0.1) is 0 Å². The second-order valence-corrected chi connectivity index (χ2v) is 5.54. The fourth-order valence-electron chi connectivity index (χ4n) is 1.69. The molecule has 0 fully saturated rings. The van der Waals surface area contributed by atoms with Gasteiger partial charge in [-0.2, -0.15) is 0 Å². The number of carbonyl (C=O) groups excluding carboxylic acids is 2. The zero-order valence-corrected chi connectivity index (χ0v) is 13.5. The molecule has 7 heteroatoms. The third-order valence-corrected chi connectivity index (χ3v) is 3.41. The molecule has 0 aliphatic heterocycles. The van der Waals surface area contributed by atoms with Gasteiger partial charge < -0.3 is 10.1 Å². The number of ether oxygens (including phenoxy) is 1. The van der Waals surface area contributed by atoms with Crippen LogP contribution in [0.1, 0.15) is 17.3 Å². The van der Waals surface area contributed by atoms with E-state index < -0.39 is 23.8 Å². The van der Waals surface area contributed by atoms with Crippen molar-refractivity contribution in [3.05, 3.63) is 63.9 Å². The Morgan fingerprint density at radius 1 is 1.09 bits per heavy atom. The Morgan fingerprint density at radius 3 is 2.30 bits per heavy atom. The van der Waals surface area contributed by atoms with E-state index in [1.54, 1.807) is 0 Å². The van der Waals surface area contributed by atoms with Crippen LogP contribution < -0.4 is 5.32 Å². The molecule has 1 amide bonds. The highest BCUT2D eigenvalue weighted by atomic mass is 35.5. The lowest BCUT2D eigenvalue weighted by molar-refractivity contribution is -0.123. The number of amides is 1. The van der Waals surface area contributed by atoms with Gasteiger partial charge in [-0.05, 0) is 49.4 Å². The van der Waals surface area contributed by atoms with Gasteiger partial charge in [-0.25, -0.2) is 9.18 Å². The van der Waals surface area contributed by atoms with E-state index in [4.69, 9.17) is 27.9 Å². The molecule has 0 heterocycles. The van der Waals surface area contributed by atoms with Crippen LogP contribution in [-0.4, -0.2) is 18.0 Å². The van der Waals surface area contributed by atoms with Crippen LogP contribution in [0.3, 0.4) is 0 Å². The average molecular weight is 356 g/mol. The van der Waals surface area contributed by atoms with Crippen molar-refractivity contribution in [1.29, 1.82) is 0 Å². The largest absolute Gasteiger partial charge is 0.449 e. The Hall–Kier alpha value is -2.11. The van der Waals surface area contributed by atoms with Crippen molar-refractivity contribution in [1.82, 2.24) is 0 Å². The number of hydrogen-bond donors (Lipinski definition) is 1. The zero-order valence-electron chi connectivity index (χ0n) is 12.0. The van der Waals surface area contributed by atoms with Gasteiger partial charge in [0.25, 0.3) is 5.91 Å². The highest BCUT2D eigenvalue weighted by molar-refractivity contribution is 6.31. The van der Waals surface area contributed by atoms with Gasteiger partial charge in [0.15, 0.2) is 6.10 Å². The van der Waals surface area contributed by atoms with E-state index in [2.05, 4.69) is 5.32 Å². The van der Waals surface area contributed by atoms with Gasteiger partial charge in [0, 0.05) is 10.0 Å². The van der Waals surface area contributed by atoms with E-state index in [1.807, 2.05) is 0 Å². The first kappa shape index (κ1) is 17.2. The van der Waals surface area contributed by atoms with Crippen LogP contribution in [0.15, 0.2) is 42.5 Å². The van der Waals surface area contributed by atoms with Gasteiger partial charge in [-0.3, -0.25) is 4.79 Å². The Labute approximate surface area is 142 Å². The van der Waals surface area contributed by atoms with Crippen LogP contribution in [0.2, 0.25) is 10.0 Å². The molecule has 0 saturated heterocycles. The topological polar surface area (TPSA) is 55.4 Å². The number of esters is 1. The van der Waals surface area contributed by atoms with Gasteiger partial charge in [0.05, 0.1) is 11.3 Å². The van der Waals surface area contributed by atoms with Crippen molar-refractivity contribution in [3.63, 3.8) is 0 Å². The molecule has 0 radical (unpaired) electrons. The fourth-order valence-corrected chi connectivity index (χ4v) is 1.98. The lowest BCUT2D eigenvalue weighted by Gasteiger charge is -2.14. The maximum Gasteiger partial charge on any atom is 0.338 e. The molecule has 0 saturated carbocycles. The number of carbonyl (C=O) groups is 2. The lowest BCUT2D eigenvalue weighted by Crippen LogP contribution is -2.30. The van der Waals surface area contributed by atoms with Crippen LogP contribution in [0.25, 0.3) is 0 Å². The summed E-state index contributed by atoms with van der Waals surface area (Å²) in [5.41, 5.74) is 0.209. The van der Waals surface area contributed by atoms with Gasteiger partial charge in [0.2, 0.25) is 0 Å². The molecular formula is C16H12Cl2FNO3. The SMILES string of the molecule is CC(OC(=O)c1ccc(Cl)cc1)C(=O)Nc1ccc(Cl)cc1F. The number of benzene rings is 2. The predicted molar refractivity (Wildman–Crippen MR) is 86.4 cm³/mol. The van der Waals surface area contributed by atoms with Crippen LogP contribution >= 0.6 is 23.2 Å². The molecule has 0 spiro atoms. The van der Waals surface area contributed by atoms with Crippen molar-refractivity contribution in [3.8, 4) is 0 Å². The molecule has 0 aliphatic rings. The van der Waals surface area contributed by atoms with Gasteiger partial charge >= 0.3 is 5.97 Å². The fraction of sp³-hybridized carbons (Fsp3) is 0.125. The minimum Gasteiger partial charge on any atom is -0.449 e. The van der Waals surface area contributed by atoms with E-state index in [0.717, 1.165) is 6.07 Å². The molecule has 0 aliphatic carbocycles. The molecule has 23 heavy (non-hydrogen) atoms. The van der Waals surface area contributed by atoms with Gasteiger partial charge in [-0.1, -0.05) is 23.2 Å². The Balaban J connectivity index is 1.99. The monoisotopic (exact) mass is 355 g/mol. The third-order valence-electron chi connectivity index (χ3n) is 2.92. The van der Waals surface area contributed by atoms with E-state index >= 15 is 0 Å². The minimum atomic E-state index is -1.10. The summed E-state index contributed by atoms with van der Waals surface area (Å²) in [7, 11) is 0. The molecule has 2 aromatic carbocycles. The molecule has 1 atom stereocenters. The summed E-state index contributed by atoms with van der Waals surface area (Å²) in [5, 5.41) is 3.02. The Bertz CT molecular complexity index is 735. The van der Waals surface area contributed by atoms with Crippen molar-refractivity contribution >= 4 is 40.8 Å². The lowest BCUT2D eigenvalue weighted by atomic mass is 10.2.